The van der Waals surface area contributed by atoms with E-state index in [0.717, 1.165) is 12.8 Å². The van der Waals surface area contributed by atoms with Gasteiger partial charge in [0.2, 0.25) is 0 Å². The molecule has 2 aromatic rings. The Kier molecular flexibility index (Phi) is 4.27. The molecule has 22 heavy (non-hydrogen) atoms. The van der Waals surface area contributed by atoms with Gasteiger partial charge in [-0.2, -0.15) is 0 Å². The van der Waals surface area contributed by atoms with E-state index in [1.165, 1.54) is 6.07 Å². The Labute approximate surface area is 128 Å². The highest BCUT2D eigenvalue weighted by molar-refractivity contribution is 5.92. The van der Waals surface area contributed by atoms with Gasteiger partial charge in [-0.15, -0.1) is 10.2 Å². The van der Waals surface area contributed by atoms with Gasteiger partial charge in [0, 0.05) is 12.6 Å². The molecule has 1 saturated carbocycles. The van der Waals surface area contributed by atoms with Crippen molar-refractivity contribution in [1.29, 1.82) is 0 Å². The number of rotatable bonds is 6. The van der Waals surface area contributed by atoms with E-state index in [0.29, 0.717) is 30.4 Å². The first-order valence-electron chi connectivity index (χ1n) is 7.34. The molecule has 2 N–H and O–H groups in total. The number of nitrogens with one attached hydrogen (secondary N) is 2. The molecular formula is C16H17FN4O. The van der Waals surface area contributed by atoms with Crippen molar-refractivity contribution in [1.82, 2.24) is 15.5 Å². The largest absolute Gasteiger partial charge is 0.366 e. The second kappa shape index (κ2) is 6.51. The zero-order valence-electron chi connectivity index (χ0n) is 12.1. The Balaban J connectivity index is 1.50. The minimum atomic E-state index is -0.304. The van der Waals surface area contributed by atoms with E-state index in [4.69, 9.17) is 0 Å². The van der Waals surface area contributed by atoms with Crippen molar-refractivity contribution in [2.24, 2.45) is 0 Å². The molecule has 0 radical (unpaired) electrons. The summed E-state index contributed by atoms with van der Waals surface area (Å²) < 4.78 is 13.4. The van der Waals surface area contributed by atoms with Crippen LogP contribution in [0.25, 0.3) is 0 Å². The van der Waals surface area contributed by atoms with Gasteiger partial charge in [0.05, 0.1) is 0 Å². The summed E-state index contributed by atoms with van der Waals surface area (Å²) in [4.78, 5) is 11.9. The molecule has 6 heteroatoms. The van der Waals surface area contributed by atoms with Gasteiger partial charge < -0.3 is 10.6 Å². The minimum Gasteiger partial charge on any atom is -0.366 e. The summed E-state index contributed by atoms with van der Waals surface area (Å²) in [6, 6.07) is 10.4. The maximum atomic E-state index is 13.4. The van der Waals surface area contributed by atoms with Crippen LogP contribution in [0.4, 0.5) is 10.2 Å². The van der Waals surface area contributed by atoms with Crippen molar-refractivity contribution in [2.75, 3.05) is 11.9 Å². The van der Waals surface area contributed by atoms with Crippen LogP contribution in [0, 0.1) is 5.82 Å². The Hall–Kier alpha value is -2.50. The minimum absolute atomic E-state index is 0.257. The van der Waals surface area contributed by atoms with Crippen LogP contribution < -0.4 is 10.6 Å². The van der Waals surface area contributed by atoms with Crippen molar-refractivity contribution in [3.63, 3.8) is 0 Å². The predicted octanol–water partition coefficient (Wildman–Crippen LogP) is 2.16. The highest BCUT2D eigenvalue weighted by Crippen LogP contribution is 2.23. The Morgan fingerprint density at radius 3 is 2.68 bits per heavy atom. The number of anilines is 1. The first-order chi connectivity index (χ1) is 10.7. The molecule has 0 atom stereocenters. The third kappa shape index (κ3) is 3.78. The average molecular weight is 300 g/mol. The standard InChI is InChI=1S/C16H17FN4O/c17-13-4-2-1-3-11(13)9-10-18-16(22)14-7-8-15(21-20-14)19-12-5-6-12/h1-4,7-8,12H,5-6,9-10H2,(H,18,22)(H,19,21). The van der Waals surface area contributed by atoms with Crippen LogP contribution in [0.1, 0.15) is 28.9 Å². The van der Waals surface area contributed by atoms with Crippen LogP contribution in [-0.4, -0.2) is 28.7 Å². The van der Waals surface area contributed by atoms with Gasteiger partial charge in [-0.1, -0.05) is 18.2 Å². The fourth-order valence-corrected chi connectivity index (χ4v) is 2.07. The molecule has 1 aromatic heterocycles. The summed E-state index contributed by atoms with van der Waals surface area (Å²) in [5.41, 5.74) is 0.841. The smallest absolute Gasteiger partial charge is 0.271 e. The fraction of sp³-hybridized carbons (Fsp3) is 0.312. The van der Waals surface area contributed by atoms with Gasteiger partial charge in [-0.05, 0) is 43.0 Å². The van der Waals surface area contributed by atoms with Crippen LogP contribution in [0.15, 0.2) is 36.4 Å². The molecule has 1 aromatic carbocycles. The van der Waals surface area contributed by atoms with E-state index in [2.05, 4.69) is 20.8 Å². The molecule has 0 saturated heterocycles. The molecule has 0 spiro atoms. The molecular weight excluding hydrogens is 283 g/mol. The number of hydrogen-bond donors (Lipinski definition) is 2. The zero-order chi connectivity index (χ0) is 15.4. The van der Waals surface area contributed by atoms with Crippen LogP contribution in [0.5, 0.6) is 0 Å². The molecule has 1 aliphatic carbocycles. The number of halogens is 1. The number of carbonyl (C=O) groups excluding carboxylic acids is 1. The van der Waals surface area contributed by atoms with Gasteiger partial charge in [0.15, 0.2) is 5.69 Å². The monoisotopic (exact) mass is 300 g/mol. The number of amides is 1. The van der Waals surface area contributed by atoms with Crippen molar-refractivity contribution in [3.8, 4) is 0 Å². The first-order valence-corrected chi connectivity index (χ1v) is 7.34. The molecule has 114 valence electrons. The molecule has 1 heterocycles. The van der Waals surface area contributed by atoms with Crippen molar-refractivity contribution >= 4 is 11.7 Å². The van der Waals surface area contributed by atoms with E-state index in [1.807, 2.05) is 0 Å². The third-order valence-electron chi connectivity index (χ3n) is 3.46. The normalized spacial score (nSPS) is 13.7. The van der Waals surface area contributed by atoms with E-state index in [-0.39, 0.29) is 17.4 Å². The van der Waals surface area contributed by atoms with E-state index < -0.39 is 0 Å². The SMILES string of the molecule is O=C(NCCc1ccccc1F)c1ccc(NC2CC2)nn1. The van der Waals surface area contributed by atoms with Gasteiger partial charge in [0.1, 0.15) is 11.6 Å². The summed E-state index contributed by atoms with van der Waals surface area (Å²) in [5, 5.41) is 13.8. The Morgan fingerprint density at radius 2 is 2.00 bits per heavy atom. The second-order valence-corrected chi connectivity index (χ2v) is 5.32. The highest BCUT2D eigenvalue weighted by Gasteiger charge is 2.21. The van der Waals surface area contributed by atoms with Crippen LogP contribution in [0.2, 0.25) is 0 Å². The molecule has 3 rings (SSSR count). The summed E-state index contributed by atoms with van der Waals surface area (Å²) in [7, 11) is 0. The Bertz CT molecular complexity index is 655. The average Bonchev–Trinajstić information content (AvgIpc) is 3.34. The lowest BCUT2D eigenvalue weighted by molar-refractivity contribution is 0.0948. The zero-order valence-corrected chi connectivity index (χ0v) is 12.1. The number of carbonyl (C=O) groups is 1. The maximum Gasteiger partial charge on any atom is 0.271 e. The van der Waals surface area contributed by atoms with Gasteiger partial charge in [0.25, 0.3) is 5.91 Å². The Morgan fingerprint density at radius 1 is 1.18 bits per heavy atom. The molecule has 1 fully saturated rings. The lowest BCUT2D eigenvalue weighted by atomic mass is 10.1. The lowest BCUT2D eigenvalue weighted by Crippen LogP contribution is -2.27. The molecule has 1 aliphatic rings. The third-order valence-corrected chi connectivity index (χ3v) is 3.46. The topological polar surface area (TPSA) is 66.9 Å². The molecule has 0 unspecified atom stereocenters. The van der Waals surface area contributed by atoms with Gasteiger partial charge in [-0.3, -0.25) is 4.79 Å². The quantitative estimate of drug-likeness (QED) is 0.858. The molecule has 1 amide bonds. The van der Waals surface area contributed by atoms with E-state index in [1.54, 1.807) is 30.3 Å². The van der Waals surface area contributed by atoms with E-state index in [9.17, 15) is 9.18 Å². The summed E-state index contributed by atoms with van der Waals surface area (Å²) in [6.07, 6.45) is 2.74. The lowest BCUT2D eigenvalue weighted by Gasteiger charge is -2.06. The fourth-order valence-electron chi connectivity index (χ4n) is 2.07. The van der Waals surface area contributed by atoms with Crippen LogP contribution >= 0.6 is 0 Å². The highest BCUT2D eigenvalue weighted by atomic mass is 19.1. The number of benzene rings is 1. The first kappa shape index (κ1) is 14.4. The van der Waals surface area contributed by atoms with Crippen molar-refractivity contribution in [3.05, 3.63) is 53.5 Å². The molecule has 5 nitrogen and oxygen atoms in total. The van der Waals surface area contributed by atoms with Gasteiger partial charge in [-0.25, -0.2) is 4.39 Å². The van der Waals surface area contributed by atoms with Crippen LogP contribution in [0.3, 0.4) is 0 Å². The van der Waals surface area contributed by atoms with E-state index >= 15 is 0 Å². The number of nitrogens with zero attached hydrogens (tertiary/aromatic N) is 2. The van der Waals surface area contributed by atoms with Crippen LogP contribution in [-0.2, 0) is 6.42 Å². The number of aromatic nitrogens is 2. The summed E-state index contributed by atoms with van der Waals surface area (Å²) in [5.74, 6) is 0.124. The van der Waals surface area contributed by atoms with Crippen molar-refractivity contribution in [2.45, 2.75) is 25.3 Å². The molecule has 0 bridgehead atoms. The second-order valence-electron chi connectivity index (χ2n) is 5.32. The van der Waals surface area contributed by atoms with Crippen molar-refractivity contribution < 1.29 is 9.18 Å². The maximum absolute atomic E-state index is 13.4. The summed E-state index contributed by atoms with van der Waals surface area (Å²) in [6.45, 7) is 0.351. The molecule has 0 aliphatic heterocycles. The number of hydrogen-bond acceptors (Lipinski definition) is 4. The predicted molar refractivity (Wildman–Crippen MR) is 81.1 cm³/mol. The summed E-state index contributed by atoms with van der Waals surface area (Å²) >= 11 is 0. The van der Waals surface area contributed by atoms with Gasteiger partial charge >= 0.3 is 0 Å².